The Morgan fingerprint density at radius 2 is 2.42 bits per heavy atom. The lowest BCUT2D eigenvalue weighted by molar-refractivity contribution is 0.167. The lowest BCUT2D eigenvalue weighted by atomic mass is 10.2. The summed E-state index contributed by atoms with van der Waals surface area (Å²) < 4.78 is 4.58. The van der Waals surface area contributed by atoms with E-state index in [1.54, 1.807) is 12.1 Å². The van der Waals surface area contributed by atoms with Crippen LogP contribution in [0.5, 0.6) is 0 Å². The van der Waals surface area contributed by atoms with Crippen LogP contribution in [-0.4, -0.2) is 32.3 Å². The van der Waals surface area contributed by atoms with Crippen molar-refractivity contribution in [3.05, 3.63) is 23.8 Å². The molecule has 1 fully saturated rings. The number of nitrogens with two attached hydrogens (primary N) is 1. The van der Waals surface area contributed by atoms with Crippen molar-refractivity contribution in [3.8, 4) is 6.07 Å². The van der Waals surface area contributed by atoms with E-state index in [-0.39, 0.29) is 6.04 Å². The number of rotatable bonds is 2. The summed E-state index contributed by atoms with van der Waals surface area (Å²) in [5.41, 5.74) is 7.97. The molecule has 0 saturated carbocycles. The summed E-state index contributed by atoms with van der Waals surface area (Å²) in [5.74, 6) is 0. The molecule has 1 aromatic rings. The third kappa shape index (κ3) is 2.88. The normalized spacial score (nSPS) is 17.9. The molecule has 0 aromatic heterocycles. The second-order valence-corrected chi connectivity index (χ2v) is 4.45. The summed E-state index contributed by atoms with van der Waals surface area (Å²) in [6.45, 7) is 1.50. The number of benzene rings is 1. The standard InChI is InChI=1S/C13H16N4O2/c1-19-13(18)16-10-4-5-17(8-10)12-3-2-9(7-14)6-11(12)15/h2-3,6,10H,4-5,8,15H2,1H3,(H,16,18). The van der Waals surface area contributed by atoms with Crippen molar-refractivity contribution in [2.24, 2.45) is 0 Å². The van der Waals surface area contributed by atoms with E-state index in [0.29, 0.717) is 17.8 Å². The number of hydrogen-bond acceptors (Lipinski definition) is 5. The summed E-state index contributed by atoms with van der Waals surface area (Å²) in [6, 6.07) is 7.36. The first-order chi connectivity index (χ1) is 9.13. The van der Waals surface area contributed by atoms with Gasteiger partial charge in [0.1, 0.15) is 0 Å². The van der Waals surface area contributed by atoms with Gasteiger partial charge in [-0.05, 0) is 24.6 Å². The molecular formula is C13H16N4O2. The lowest BCUT2D eigenvalue weighted by Crippen LogP contribution is -2.37. The van der Waals surface area contributed by atoms with E-state index >= 15 is 0 Å². The molecule has 2 rings (SSSR count). The molecule has 6 heteroatoms. The number of nitrogens with zero attached hydrogens (tertiary/aromatic N) is 2. The van der Waals surface area contributed by atoms with Crippen LogP contribution in [-0.2, 0) is 4.74 Å². The fourth-order valence-electron chi connectivity index (χ4n) is 2.23. The molecule has 1 heterocycles. The van der Waals surface area contributed by atoms with E-state index < -0.39 is 6.09 Å². The van der Waals surface area contributed by atoms with Gasteiger partial charge in [-0.2, -0.15) is 5.26 Å². The molecule has 6 nitrogen and oxygen atoms in total. The molecule has 1 aromatic carbocycles. The van der Waals surface area contributed by atoms with Gasteiger partial charge in [0.25, 0.3) is 0 Å². The first-order valence-electron chi connectivity index (χ1n) is 6.03. The molecule has 0 bridgehead atoms. The van der Waals surface area contributed by atoms with Crippen LogP contribution in [0.15, 0.2) is 18.2 Å². The number of amides is 1. The highest BCUT2D eigenvalue weighted by atomic mass is 16.5. The van der Waals surface area contributed by atoms with Gasteiger partial charge >= 0.3 is 6.09 Å². The molecule has 0 radical (unpaired) electrons. The molecule has 100 valence electrons. The highest BCUT2D eigenvalue weighted by molar-refractivity contribution is 5.71. The monoisotopic (exact) mass is 260 g/mol. The summed E-state index contributed by atoms with van der Waals surface area (Å²) in [7, 11) is 1.35. The second-order valence-electron chi connectivity index (χ2n) is 4.45. The van der Waals surface area contributed by atoms with E-state index in [1.165, 1.54) is 7.11 Å². The Hall–Kier alpha value is -2.42. The van der Waals surface area contributed by atoms with Crippen molar-refractivity contribution in [2.45, 2.75) is 12.5 Å². The lowest BCUT2D eigenvalue weighted by Gasteiger charge is -2.20. The Morgan fingerprint density at radius 1 is 1.63 bits per heavy atom. The molecule has 1 aliphatic rings. The minimum absolute atomic E-state index is 0.0579. The minimum Gasteiger partial charge on any atom is -0.453 e. The van der Waals surface area contributed by atoms with Gasteiger partial charge in [-0.15, -0.1) is 0 Å². The highest BCUT2D eigenvalue weighted by Crippen LogP contribution is 2.27. The average Bonchev–Trinajstić information content (AvgIpc) is 2.86. The fourth-order valence-corrected chi connectivity index (χ4v) is 2.23. The van der Waals surface area contributed by atoms with Crippen LogP contribution in [0.25, 0.3) is 0 Å². The molecular weight excluding hydrogens is 244 g/mol. The zero-order valence-electron chi connectivity index (χ0n) is 10.7. The third-order valence-electron chi connectivity index (χ3n) is 3.19. The molecule has 1 atom stereocenters. The van der Waals surface area contributed by atoms with E-state index in [4.69, 9.17) is 11.0 Å². The van der Waals surface area contributed by atoms with Crippen LogP contribution < -0.4 is 16.0 Å². The zero-order valence-corrected chi connectivity index (χ0v) is 10.7. The largest absolute Gasteiger partial charge is 0.453 e. The number of ether oxygens (including phenoxy) is 1. The van der Waals surface area contributed by atoms with E-state index in [1.807, 2.05) is 6.07 Å². The van der Waals surface area contributed by atoms with Crippen LogP contribution >= 0.6 is 0 Å². The molecule has 1 saturated heterocycles. The van der Waals surface area contributed by atoms with E-state index in [0.717, 1.165) is 18.7 Å². The Morgan fingerprint density at radius 3 is 3.05 bits per heavy atom. The van der Waals surface area contributed by atoms with Crippen LogP contribution in [0.1, 0.15) is 12.0 Å². The SMILES string of the molecule is COC(=O)NC1CCN(c2ccc(C#N)cc2N)C1. The topological polar surface area (TPSA) is 91.4 Å². The predicted molar refractivity (Wildman–Crippen MR) is 71.7 cm³/mol. The maximum Gasteiger partial charge on any atom is 0.407 e. The molecule has 1 aliphatic heterocycles. The van der Waals surface area contributed by atoms with Crippen LogP contribution in [0.4, 0.5) is 16.2 Å². The van der Waals surface area contributed by atoms with Crippen molar-refractivity contribution in [1.82, 2.24) is 5.32 Å². The van der Waals surface area contributed by atoms with Gasteiger partial charge in [0.05, 0.1) is 36.2 Å². The first-order valence-corrected chi connectivity index (χ1v) is 6.03. The smallest absolute Gasteiger partial charge is 0.407 e. The molecule has 1 unspecified atom stereocenters. The average molecular weight is 260 g/mol. The van der Waals surface area contributed by atoms with Crippen molar-refractivity contribution in [3.63, 3.8) is 0 Å². The number of nitrogens with one attached hydrogen (secondary N) is 1. The minimum atomic E-state index is -0.417. The van der Waals surface area contributed by atoms with Crippen LogP contribution in [0, 0.1) is 11.3 Å². The van der Waals surface area contributed by atoms with E-state index in [9.17, 15) is 4.79 Å². The van der Waals surface area contributed by atoms with Gasteiger partial charge in [0, 0.05) is 13.1 Å². The summed E-state index contributed by atoms with van der Waals surface area (Å²) in [4.78, 5) is 13.2. The summed E-state index contributed by atoms with van der Waals surface area (Å²) >= 11 is 0. The Kier molecular flexibility index (Phi) is 3.76. The van der Waals surface area contributed by atoms with Gasteiger partial charge in [0.15, 0.2) is 0 Å². The number of carbonyl (C=O) groups is 1. The molecule has 0 spiro atoms. The maximum absolute atomic E-state index is 11.1. The van der Waals surface area contributed by atoms with Gasteiger partial charge < -0.3 is 20.7 Å². The molecule has 19 heavy (non-hydrogen) atoms. The van der Waals surface area contributed by atoms with E-state index in [2.05, 4.69) is 21.0 Å². The zero-order chi connectivity index (χ0) is 13.8. The number of hydrogen-bond donors (Lipinski definition) is 2. The molecule has 1 amide bonds. The summed E-state index contributed by atoms with van der Waals surface area (Å²) in [5, 5.41) is 11.6. The number of nitrogen functional groups attached to an aromatic ring is 1. The van der Waals surface area contributed by atoms with Crippen molar-refractivity contribution < 1.29 is 9.53 Å². The third-order valence-corrected chi connectivity index (χ3v) is 3.19. The van der Waals surface area contributed by atoms with Gasteiger partial charge in [-0.3, -0.25) is 0 Å². The molecule has 3 N–H and O–H groups in total. The molecule has 0 aliphatic carbocycles. The quantitative estimate of drug-likeness (QED) is 0.776. The summed E-state index contributed by atoms with van der Waals surface area (Å²) in [6.07, 6.45) is 0.425. The number of anilines is 2. The van der Waals surface area contributed by atoms with Crippen LogP contribution in [0.2, 0.25) is 0 Å². The van der Waals surface area contributed by atoms with Crippen molar-refractivity contribution in [1.29, 1.82) is 5.26 Å². The highest BCUT2D eigenvalue weighted by Gasteiger charge is 2.25. The second kappa shape index (κ2) is 5.48. The fraction of sp³-hybridized carbons (Fsp3) is 0.385. The number of nitriles is 1. The number of methoxy groups -OCH3 is 1. The Bertz CT molecular complexity index is 524. The predicted octanol–water partition coefficient (Wildman–Crippen LogP) is 1.08. The van der Waals surface area contributed by atoms with Gasteiger partial charge in [0.2, 0.25) is 0 Å². The Balaban J connectivity index is 2.05. The Labute approximate surface area is 111 Å². The number of carbonyl (C=O) groups excluding carboxylic acids is 1. The van der Waals surface area contributed by atoms with Crippen LogP contribution in [0.3, 0.4) is 0 Å². The maximum atomic E-state index is 11.1. The van der Waals surface area contributed by atoms with Crippen molar-refractivity contribution >= 4 is 17.5 Å². The van der Waals surface area contributed by atoms with Gasteiger partial charge in [-0.1, -0.05) is 0 Å². The van der Waals surface area contributed by atoms with Crippen molar-refractivity contribution in [2.75, 3.05) is 30.8 Å². The number of alkyl carbamates (subject to hydrolysis) is 1. The van der Waals surface area contributed by atoms with Gasteiger partial charge in [-0.25, -0.2) is 4.79 Å². The first kappa shape index (κ1) is 13.0.